The van der Waals surface area contributed by atoms with Crippen molar-refractivity contribution in [3.63, 3.8) is 0 Å². The van der Waals surface area contributed by atoms with Gasteiger partial charge in [0.2, 0.25) is 0 Å². The van der Waals surface area contributed by atoms with E-state index >= 15 is 0 Å². The zero-order chi connectivity index (χ0) is 20.5. The molecule has 0 spiro atoms. The van der Waals surface area contributed by atoms with E-state index in [0.29, 0.717) is 10.5 Å². The van der Waals surface area contributed by atoms with Gasteiger partial charge in [-0.25, -0.2) is 8.42 Å². The molecule has 1 amide bonds. The zero-order valence-electron chi connectivity index (χ0n) is 14.9. The molecule has 10 heteroatoms. The van der Waals surface area contributed by atoms with E-state index in [1.165, 1.54) is 29.9 Å². The fraction of sp³-hybridized carbons (Fsp3) is 0.167. The van der Waals surface area contributed by atoms with Crippen LogP contribution in [0.5, 0.6) is 0 Å². The molecular formula is C18H15ClN2O5S2. The van der Waals surface area contributed by atoms with Gasteiger partial charge in [0, 0.05) is 11.3 Å². The van der Waals surface area contributed by atoms with Crippen molar-refractivity contribution in [2.24, 2.45) is 4.99 Å². The minimum absolute atomic E-state index is 0.0369. The highest BCUT2D eigenvalue weighted by molar-refractivity contribution is 7.90. The monoisotopic (exact) mass is 438 g/mol. The van der Waals surface area contributed by atoms with E-state index in [-0.39, 0.29) is 21.8 Å². The lowest BCUT2D eigenvalue weighted by molar-refractivity contribution is -0.141. The Hall–Kier alpha value is -2.49. The molecule has 1 aromatic heterocycles. The molecule has 0 saturated heterocycles. The van der Waals surface area contributed by atoms with E-state index in [9.17, 15) is 18.0 Å². The van der Waals surface area contributed by atoms with Crippen LogP contribution in [-0.2, 0) is 25.9 Å². The summed E-state index contributed by atoms with van der Waals surface area (Å²) < 4.78 is 30.9. The van der Waals surface area contributed by atoms with Gasteiger partial charge in [-0.2, -0.15) is 4.99 Å². The summed E-state index contributed by atoms with van der Waals surface area (Å²) in [5.41, 5.74) is 0.618. The Morgan fingerprint density at radius 1 is 1.21 bits per heavy atom. The number of aromatic nitrogens is 1. The standard InChI is InChI=1S/C18H15ClN2O5S2/c1-26-16(22)10-21-13-8-7-11(19)9-14(13)27-18(21)20-17(23)12-5-3-4-6-15(12)28(2,24)25/h3-9H,10H2,1-2H3. The number of carbonyl (C=O) groups is 2. The smallest absolute Gasteiger partial charge is 0.325 e. The normalized spacial score (nSPS) is 12.3. The van der Waals surface area contributed by atoms with Crippen LogP contribution in [0.15, 0.2) is 52.4 Å². The number of esters is 1. The molecule has 3 aromatic rings. The molecule has 0 atom stereocenters. The highest BCUT2D eigenvalue weighted by atomic mass is 35.5. The van der Waals surface area contributed by atoms with E-state index in [1.54, 1.807) is 24.3 Å². The van der Waals surface area contributed by atoms with Crippen LogP contribution in [0.2, 0.25) is 5.02 Å². The molecule has 0 saturated carbocycles. The number of thiazole rings is 1. The van der Waals surface area contributed by atoms with Crippen LogP contribution in [0.1, 0.15) is 10.4 Å². The number of nitrogens with zero attached hydrogens (tertiary/aromatic N) is 2. The van der Waals surface area contributed by atoms with E-state index in [1.807, 2.05) is 0 Å². The summed E-state index contributed by atoms with van der Waals surface area (Å²) in [5, 5.41) is 0.499. The van der Waals surface area contributed by atoms with Crippen LogP contribution >= 0.6 is 22.9 Å². The number of sulfone groups is 1. The first-order valence-corrected chi connectivity index (χ1v) is 11.0. The molecule has 1 heterocycles. The maximum Gasteiger partial charge on any atom is 0.325 e. The highest BCUT2D eigenvalue weighted by Gasteiger charge is 2.19. The molecule has 3 rings (SSSR count). The van der Waals surface area contributed by atoms with Gasteiger partial charge in [0.1, 0.15) is 6.54 Å². The molecule has 7 nitrogen and oxygen atoms in total. The number of amides is 1. The predicted octanol–water partition coefficient (Wildman–Crippen LogP) is 2.67. The van der Waals surface area contributed by atoms with Crippen molar-refractivity contribution in [1.29, 1.82) is 0 Å². The molecule has 0 N–H and O–H groups in total. The molecule has 0 bridgehead atoms. The summed E-state index contributed by atoms with van der Waals surface area (Å²) in [7, 11) is -2.35. The van der Waals surface area contributed by atoms with E-state index < -0.39 is 21.7 Å². The van der Waals surface area contributed by atoms with Gasteiger partial charge in [-0.15, -0.1) is 0 Å². The minimum Gasteiger partial charge on any atom is -0.468 e. The second kappa shape index (κ2) is 7.86. The number of methoxy groups -OCH3 is 1. The van der Waals surface area contributed by atoms with Gasteiger partial charge < -0.3 is 9.30 Å². The quantitative estimate of drug-likeness (QED) is 0.583. The number of carbonyl (C=O) groups excluding carboxylic acids is 2. The van der Waals surface area contributed by atoms with Crippen molar-refractivity contribution in [1.82, 2.24) is 4.57 Å². The van der Waals surface area contributed by atoms with E-state index in [4.69, 9.17) is 16.3 Å². The largest absolute Gasteiger partial charge is 0.468 e. The van der Waals surface area contributed by atoms with Crippen molar-refractivity contribution in [2.45, 2.75) is 11.4 Å². The number of rotatable bonds is 4. The Morgan fingerprint density at radius 2 is 1.93 bits per heavy atom. The first-order chi connectivity index (χ1) is 13.2. The number of hydrogen-bond acceptors (Lipinski definition) is 6. The molecule has 2 aromatic carbocycles. The van der Waals surface area contributed by atoms with Gasteiger partial charge in [-0.05, 0) is 30.3 Å². The summed E-state index contributed by atoms with van der Waals surface area (Å²) >= 11 is 7.19. The summed E-state index contributed by atoms with van der Waals surface area (Å²) in [6.07, 6.45) is 1.03. The van der Waals surface area contributed by atoms with Crippen molar-refractivity contribution >= 4 is 54.9 Å². The highest BCUT2D eigenvalue weighted by Crippen LogP contribution is 2.22. The molecule has 146 valence electrons. The maximum atomic E-state index is 12.8. The van der Waals surface area contributed by atoms with Crippen molar-refractivity contribution in [2.75, 3.05) is 13.4 Å². The predicted molar refractivity (Wildman–Crippen MR) is 106 cm³/mol. The van der Waals surface area contributed by atoms with Gasteiger partial charge in [0.25, 0.3) is 5.91 Å². The fourth-order valence-electron chi connectivity index (χ4n) is 2.59. The minimum atomic E-state index is -3.61. The Kier molecular flexibility index (Phi) is 5.69. The van der Waals surface area contributed by atoms with Crippen molar-refractivity contribution in [3.8, 4) is 0 Å². The van der Waals surface area contributed by atoms with Crippen molar-refractivity contribution < 1.29 is 22.7 Å². The van der Waals surface area contributed by atoms with E-state index in [2.05, 4.69) is 4.99 Å². The van der Waals surface area contributed by atoms with Gasteiger partial charge in [0.05, 0.1) is 27.8 Å². The number of ether oxygens (including phenoxy) is 1. The Bertz CT molecular complexity index is 1260. The topological polar surface area (TPSA) is 94.8 Å². The molecular weight excluding hydrogens is 424 g/mol. The molecule has 0 aliphatic rings. The second-order valence-corrected chi connectivity index (χ2v) is 9.27. The molecule has 0 aliphatic heterocycles. The summed E-state index contributed by atoms with van der Waals surface area (Å²) in [4.78, 5) is 28.8. The second-order valence-electron chi connectivity index (χ2n) is 5.84. The average Bonchev–Trinajstić information content (AvgIpc) is 2.96. The number of benzene rings is 2. The SMILES string of the molecule is COC(=O)Cn1c(=NC(=O)c2ccccc2S(C)(=O)=O)sc2cc(Cl)ccc21. The third-order valence-corrected chi connectivity index (χ3v) is 6.30. The third kappa shape index (κ3) is 4.16. The lowest BCUT2D eigenvalue weighted by Gasteiger charge is -2.05. The first-order valence-electron chi connectivity index (χ1n) is 7.94. The van der Waals surface area contributed by atoms with Crippen LogP contribution < -0.4 is 4.80 Å². The summed E-state index contributed by atoms with van der Waals surface area (Å²) in [6.45, 7) is -0.155. The van der Waals surface area contributed by atoms with Gasteiger partial charge in [0.15, 0.2) is 14.6 Å². The van der Waals surface area contributed by atoms with Crippen LogP contribution in [0.25, 0.3) is 10.2 Å². The Balaban J connectivity index is 2.21. The van der Waals surface area contributed by atoms with Crippen LogP contribution in [0, 0.1) is 0 Å². The molecule has 0 aliphatic carbocycles. The fourth-order valence-corrected chi connectivity index (χ4v) is 4.78. The van der Waals surface area contributed by atoms with Crippen LogP contribution in [-0.4, -0.2) is 38.2 Å². The van der Waals surface area contributed by atoms with Gasteiger partial charge >= 0.3 is 5.97 Å². The molecule has 28 heavy (non-hydrogen) atoms. The van der Waals surface area contributed by atoms with Crippen LogP contribution in [0.3, 0.4) is 0 Å². The average molecular weight is 439 g/mol. The number of halogens is 1. The summed E-state index contributed by atoms with van der Waals surface area (Å²) in [6, 6.07) is 10.9. The maximum absolute atomic E-state index is 12.8. The lowest BCUT2D eigenvalue weighted by Crippen LogP contribution is -2.22. The van der Waals surface area contributed by atoms with Gasteiger partial charge in [-0.1, -0.05) is 35.1 Å². The molecule has 0 fully saturated rings. The first kappa shape index (κ1) is 20.2. The third-order valence-electron chi connectivity index (χ3n) is 3.87. The van der Waals surface area contributed by atoms with E-state index in [0.717, 1.165) is 22.3 Å². The Morgan fingerprint density at radius 3 is 2.61 bits per heavy atom. The number of fused-ring (bicyclic) bond motifs is 1. The summed E-state index contributed by atoms with van der Waals surface area (Å²) in [5.74, 6) is -1.24. The van der Waals surface area contributed by atoms with Crippen LogP contribution in [0.4, 0.5) is 0 Å². The Labute approximate surface area is 169 Å². The lowest BCUT2D eigenvalue weighted by atomic mass is 10.2. The molecule has 0 unspecified atom stereocenters. The number of hydrogen-bond donors (Lipinski definition) is 0. The molecule has 0 radical (unpaired) electrons. The van der Waals surface area contributed by atoms with Crippen molar-refractivity contribution in [3.05, 3.63) is 57.9 Å². The van der Waals surface area contributed by atoms with Gasteiger partial charge in [-0.3, -0.25) is 9.59 Å². The zero-order valence-corrected chi connectivity index (χ0v) is 17.3.